The highest BCUT2D eigenvalue weighted by Crippen LogP contribution is 2.31. The Morgan fingerprint density at radius 1 is 1.06 bits per heavy atom. The van der Waals surface area contributed by atoms with Gasteiger partial charge in [-0.3, -0.25) is 24.1 Å². The third kappa shape index (κ3) is 4.33. The fourth-order valence-corrected chi connectivity index (χ4v) is 4.03. The Bertz CT molecular complexity index is 1160. The monoisotopic (exact) mass is 459 g/mol. The Balaban J connectivity index is 1.63. The number of amides is 4. The summed E-state index contributed by atoms with van der Waals surface area (Å²) in [4.78, 5) is 51.9. The van der Waals surface area contributed by atoms with E-state index in [4.69, 9.17) is 0 Å². The van der Waals surface area contributed by atoms with Crippen LogP contribution in [0.25, 0.3) is 0 Å². The molecule has 10 heteroatoms. The van der Waals surface area contributed by atoms with E-state index in [9.17, 15) is 32.3 Å². The highest BCUT2D eigenvalue weighted by atomic mass is 19.4. The van der Waals surface area contributed by atoms with Crippen LogP contribution < -0.4 is 5.32 Å². The second-order valence-corrected chi connectivity index (χ2v) is 8.02. The van der Waals surface area contributed by atoms with E-state index >= 15 is 0 Å². The molecule has 1 atom stereocenters. The van der Waals surface area contributed by atoms with Gasteiger partial charge in [0, 0.05) is 32.1 Å². The normalized spacial score (nSPS) is 16.9. The number of rotatable bonds is 5. The number of halogens is 3. The smallest absolute Gasteiger partial charge is 0.343 e. The molecule has 33 heavy (non-hydrogen) atoms. The molecule has 7 nitrogen and oxygen atoms in total. The molecule has 0 aliphatic carbocycles. The maximum atomic E-state index is 13.2. The topological polar surface area (TPSA) is 86.8 Å². The van der Waals surface area contributed by atoms with Gasteiger partial charge in [0.15, 0.2) is 0 Å². The number of nitrogens with zero attached hydrogens (tertiary/aromatic N) is 2. The minimum atomic E-state index is -4.56. The number of carbonyl (C=O) groups excluding carboxylic acids is 4. The van der Waals surface area contributed by atoms with Crippen LogP contribution in [-0.4, -0.2) is 53.6 Å². The van der Waals surface area contributed by atoms with Crippen molar-refractivity contribution in [2.75, 3.05) is 20.1 Å². The van der Waals surface area contributed by atoms with Crippen LogP contribution in [0.1, 0.15) is 61.1 Å². The molecule has 1 fully saturated rings. The van der Waals surface area contributed by atoms with Crippen LogP contribution in [-0.2, 0) is 11.0 Å². The lowest BCUT2D eigenvalue weighted by Gasteiger charge is -2.26. The van der Waals surface area contributed by atoms with Crippen molar-refractivity contribution in [1.29, 1.82) is 0 Å². The summed E-state index contributed by atoms with van der Waals surface area (Å²) in [7, 11) is 1.33. The van der Waals surface area contributed by atoms with E-state index in [2.05, 4.69) is 5.32 Å². The second kappa shape index (κ2) is 8.34. The molecule has 4 amide bonds. The van der Waals surface area contributed by atoms with Gasteiger partial charge in [0.1, 0.15) is 0 Å². The van der Waals surface area contributed by atoms with Crippen molar-refractivity contribution in [2.45, 2.75) is 25.1 Å². The maximum absolute atomic E-state index is 13.2. The Morgan fingerprint density at radius 3 is 2.45 bits per heavy atom. The van der Waals surface area contributed by atoms with Crippen LogP contribution in [0.5, 0.6) is 0 Å². The minimum Gasteiger partial charge on any atom is -0.343 e. The van der Waals surface area contributed by atoms with Gasteiger partial charge in [-0.2, -0.15) is 13.2 Å². The van der Waals surface area contributed by atoms with Crippen LogP contribution in [0.3, 0.4) is 0 Å². The van der Waals surface area contributed by atoms with E-state index in [1.54, 1.807) is 0 Å². The SMILES string of the molecule is CN1C(=O)c2ccc(C(=O)NC(CN3CCCC3=O)c3cccc(C(F)(F)F)c3)cc2C1=O. The molecule has 0 radical (unpaired) electrons. The summed E-state index contributed by atoms with van der Waals surface area (Å²) in [6.45, 7) is 0.461. The van der Waals surface area contributed by atoms with Crippen LogP contribution in [0.2, 0.25) is 0 Å². The lowest BCUT2D eigenvalue weighted by molar-refractivity contribution is -0.137. The van der Waals surface area contributed by atoms with E-state index in [-0.39, 0.29) is 34.7 Å². The Labute approximate surface area is 187 Å². The van der Waals surface area contributed by atoms with Crippen molar-refractivity contribution < 1.29 is 32.3 Å². The quantitative estimate of drug-likeness (QED) is 0.697. The standard InChI is InChI=1S/C23H20F3N3O4/c1-28-21(32)16-8-7-14(11-17(16)22(28)33)20(31)27-18(12-29-9-3-6-19(29)30)13-4-2-5-15(10-13)23(24,25)26/h2,4-5,7-8,10-11,18H,3,6,9,12H2,1H3,(H,27,31). The lowest BCUT2D eigenvalue weighted by Crippen LogP contribution is -2.38. The van der Waals surface area contributed by atoms with Crippen molar-refractivity contribution in [3.8, 4) is 0 Å². The predicted octanol–water partition coefficient (Wildman–Crippen LogP) is 3.02. The molecule has 0 saturated carbocycles. The summed E-state index contributed by atoms with van der Waals surface area (Å²) in [5.74, 6) is -1.79. The minimum absolute atomic E-state index is 0.0109. The summed E-state index contributed by atoms with van der Waals surface area (Å²) in [5, 5.41) is 2.69. The molecule has 172 valence electrons. The molecule has 0 aromatic heterocycles. The summed E-state index contributed by atoms with van der Waals surface area (Å²) < 4.78 is 39.7. The van der Waals surface area contributed by atoms with Crippen LogP contribution in [0.4, 0.5) is 13.2 Å². The molecular formula is C23H20F3N3O4. The van der Waals surface area contributed by atoms with Gasteiger partial charge in [0.25, 0.3) is 17.7 Å². The van der Waals surface area contributed by atoms with Gasteiger partial charge in [0.2, 0.25) is 5.91 Å². The largest absolute Gasteiger partial charge is 0.416 e. The van der Waals surface area contributed by atoms with Crippen molar-refractivity contribution in [2.24, 2.45) is 0 Å². The highest BCUT2D eigenvalue weighted by Gasteiger charge is 2.34. The number of imide groups is 1. The summed E-state index contributed by atoms with van der Waals surface area (Å²) in [6.07, 6.45) is -3.58. The molecule has 2 aliphatic heterocycles. The lowest BCUT2D eigenvalue weighted by atomic mass is 10.0. The zero-order valence-corrected chi connectivity index (χ0v) is 17.6. The predicted molar refractivity (Wildman–Crippen MR) is 110 cm³/mol. The van der Waals surface area contributed by atoms with Crippen molar-refractivity contribution >= 4 is 23.6 Å². The van der Waals surface area contributed by atoms with Crippen molar-refractivity contribution in [3.63, 3.8) is 0 Å². The third-order valence-corrected chi connectivity index (χ3v) is 5.85. The maximum Gasteiger partial charge on any atom is 0.416 e. The highest BCUT2D eigenvalue weighted by molar-refractivity contribution is 6.21. The zero-order chi connectivity index (χ0) is 23.9. The number of fused-ring (bicyclic) bond motifs is 1. The number of likely N-dealkylation sites (tertiary alicyclic amines) is 1. The number of carbonyl (C=O) groups is 4. The number of hydrogen-bond acceptors (Lipinski definition) is 4. The summed E-state index contributed by atoms with van der Waals surface area (Å²) in [6, 6.07) is 7.72. The zero-order valence-electron chi connectivity index (χ0n) is 17.6. The fourth-order valence-electron chi connectivity index (χ4n) is 4.03. The van der Waals surface area contributed by atoms with Gasteiger partial charge < -0.3 is 10.2 Å². The molecule has 2 aromatic rings. The molecule has 0 spiro atoms. The number of hydrogen-bond donors (Lipinski definition) is 1. The van der Waals surface area contributed by atoms with Gasteiger partial charge in [0.05, 0.1) is 22.7 Å². The Morgan fingerprint density at radius 2 is 1.79 bits per heavy atom. The average Bonchev–Trinajstić information content (AvgIpc) is 3.28. The van der Waals surface area contributed by atoms with Crippen molar-refractivity contribution in [3.05, 3.63) is 70.3 Å². The van der Waals surface area contributed by atoms with Gasteiger partial charge in [-0.25, -0.2) is 0 Å². The van der Waals surface area contributed by atoms with Gasteiger partial charge in [-0.1, -0.05) is 12.1 Å². The third-order valence-electron chi connectivity index (χ3n) is 5.85. The van der Waals surface area contributed by atoms with Gasteiger partial charge >= 0.3 is 6.18 Å². The molecule has 0 bridgehead atoms. The van der Waals surface area contributed by atoms with E-state index in [1.807, 2.05) is 0 Å². The Kier molecular flexibility index (Phi) is 5.69. The summed E-state index contributed by atoms with van der Waals surface area (Å²) >= 11 is 0. The molecule has 2 aromatic carbocycles. The summed E-state index contributed by atoms with van der Waals surface area (Å²) in [5.41, 5.74) is -0.326. The molecule has 1 N–H and O–H groups in total. The number of benzene rings is 2. The molecule has 2 aliphatic rings. The molecule has 2 heterocycles. The van der Waals surface area contributed by atoms with Crippen LogP contribution >= 0.6 is 0 Å². The number of nitrogens with one attached hydrogen (secondary N) is 1. The number of alkyl halides is 3. The van der Waals surface area contributed by atoms with E-state index in [0.717, 1.165) is 17.0 Å². The first kappa shape index (κ1) is 22.5. The van der Waals surface area contributed by atoms with E-state index in [1.165, 1.54) is 42.3 Å². The van der Waals surface area contributed by atoms with Crippen LogP contribution in [0, 0.1) is 0 Å². The van der Waals surface area contributed by atoms with Crippen molar-refractivity contribution in [1.82, 2.24) is 15.1 Å². The van der Waals surface area contributed by atoms with E-state index in [0.29, 0.717) is 19.4 Å². The molecular weight excluding hydrogens is 439 g/mol. The first-order valence-corrected chi connectivity index (χ1v) is 10.3. The molecule has 4 rings (SSSR count). The first-order valence-electron chi connectivity index (χ1n) is 10.3. The average molecular weight is 459 g/mol. The fraction of sp³-hybridized carbons (Fsp3) is 0.304. The molecule has 1 saturated heterocycles. The molecule has 1 unspecified atom stereocenters. The van der Waals surface area contributed by atoms with E-state index < -0.39 is 35.5 Å². The van der Waals surface area contributed by atoms with Gasteiger partial charge in [-0.15, -0.1) is 0 Å². The van der Waals surface area contributed by atoms with Crippen LogP contribution in [0.15, 0.2) is 42.5 Å². The second-order valence-electron chi connectivity index (χ2n) is 8.02. The Hall–Kier alpha value is -3.69. The van der Waals surface area contributed by atoms with Gasteiger partial charge in [-0.05, 0) is 42.3 Å². The first-order chi connectivity index (χ1) is 15.6.